The van der Waals surface area contributed by atoms with Gasteiger partial charge in [0.05, 0.1) is 6.42 Å². The van der Waals surface area contributed by atoms with E-state index in [4.69, 9.17) is 37.9 Å². The third-order valence-corrected chi connectivity index (χ3v) is 9.87. The predicted molar refractivity (Wildman–Crippen MR) is 265 cm³/mol. The van der Waals surface area contributed by atoms with Crippen LogP contribution in [0.25, 0.3) is 0 Å². The van der Waals surface area contributed by atoms with Crippen molar-refractivity contribution in [1.29, 1.82) is 0 Å². The fraction of sp³-hybridized carbons (Fsp3) is 0.0167. The van der Waals surface area contributed by atoms with Gasteiger partial charge in [-0.2, -0.15) is 0 Å². The second-order valence-electron chi connectivity index (χ2n) is 15.0. The van der Waals surface area contributed by atoms with E-state index in [0.717, 1.165) is 40.2 Å². The van der Waals surface area contributed by atoms with Crippen molar-refractivity contribution in [2.24, 2.45) is 0 Å². The highest BCUT2D eigenvalue weighted by Gasteiger charge is 2.16. The van der Waals surface area contributed by atoms with Gasteiger partial charge in [0.25, 0.3) is 0 Å². The lowest BCUT2D eigenvalue weighted by Crippen LogP contribution is -2.19. The van der Waals surface area contributed by atoms with Gasteiger partial charge in [-0.1, -0.05) is 91.0 Å². The quantitative estimate of drug-likeness (QED) is 0.0950. The van der Waals surface area contributed by atoms with E-state index in [9.17, 15) is 0 Å². The Balaban J connectivity index is 0.000000170. The Labute approximate surface area is 396 Å². The fourth-order valence-corrected chi connectivity index (χ4v) is 6.68. The van der Waals surface area contributed by atoms with Crippen LogP contribution in [0.15, 0.2) is 267 Å². The highest BCUT2D eigenvalue weighted by atomic mass is 16.5. The van der Waals surface area contributed by atoms with E-state index in [2.05, 4.69) is 0 Å². The maximum absolute atomic E-state index is 6.06. The molecule has 0 fully saturated rings. The first kappa shape index (κ1) is 44.1. The summed E-state index contributed by atoms with van der Waals surface area (Å²) >= 11 is 0. The summed E-state index contributed by atoms with van der Waals surface area (Å²) in [6.07, 6.45) is 7.56. The van der Waals surface area contributed by atoms with Crippen molar-refractivity contribution in [3.8, 4) is 80.5 Å². The molecule has 9 aromatic carbocycles. The first-order valence-electron chi connectivity index (χ1n) is 22.0. The molecule has 0 N–H and O–H groups in total. The van der Waals surface area contributed by atoms with Crippen LogP contribution in [0.3, 0.4) is 0 Å². The lowest BCUT2D eigenvalue weighted by molar-refractivity contribution is 0.268. The van der Waals surface area contributed by atoms with Crippen molar-refractivity contribution in [1.82, 2.24) is 0 Å². The average Bonchev–Trinajstić information content (AvgIpc) is 3.38. The Hall–Kier alpha value is -9.14. The van der Waals surface area contributed by atoms with Gasteiger partial charge in [-0.05, 0) is 158 Å². The van der Waals surface area contributed by atoms with Gasteiger partial charge >= 0.3 is 0 Å². The maximum atomic E-state index is 6.06. The van der Waals surface area contributed by atoms with Crippen LogP contribution in [-0.4, -0.2) is 6.10 Å². The minimum absolute atomic E-state index is 0.196. The number of allylic oxidation sites excluding steroid dienone is 2. The molecule has 0 amide bonds. The molecule has 9 aromatic rings. The van der Waals surface area contributed by atoms with Crippen molar-refractivity contribution in [3.05, 3.63) is 273 Å². The van der Waals surface area contributed by atoms with Crippen molar-refractivity contribution in [2.45, 2.75) is 6.10 Å². The summed E-state index contributed by atoms with van der Waals surface area (Å²) < 4.78 is 47.5. The van der Waals surface area contributed by atoms with E-state index in [1.807, 2.05) is 267 Å². The molecule has 333 valence electrons. The van der Waals surface area contributed by atoms with E-state index >= 15 is 0 Å². The van der Waals surface area contributed by atoms with Gasteiger partial charge in [0, 0.05) is 12.1 Å². The van der Waals surface area contributed by atoms with Gasteiger partial charge in [-0.3, -0.25) is 0 Å². The van der Waals surface area contributed by atoms with Gasteiger partial charge in [-0.25, -0.2) is 0 Å². The van der Waals surface area contributed by atoms with Gasteiger partial charge in [0.2, 0.25) is 0 Å². The molecule has 0 saturated carbocycles. The predicted octanol–water partition coefficient (Wildman–Crippen LogP) is 16.6. The largest absolute Gasteiger partial charge is 0.486 e. The summed E-state index contributed by atoms with van der Waals surface area (Å²) in [4.78, 5) is 0. The van der Waals surface area contributed by atoms with Crippen LogP contribution < -0.4 is 37.9 Å². The van der Waals surface area contributed by atoms with Crippen LogP contribution in [0.5, 0.6) is 80.5 Å². The molecular weight excluding hydrogens is 849 g/mol. The summed E-state index contributed by atoms with van der Waals surface area (Å²) in [6, 6.07) is 76.3. The number of hydrogen-bond donors (Lipinski definition) is 0. The van der Waals surface area contributed by atoms with Crippen LogP contribution in [-0.2, 0) is 0 Å². The van der Waals surface area contributed by atoms with Crippen LogP contribution in [0, 0.1) is 6.42 Å². The lowest BCUT2D eigenvalue weighted by atomic mass is 10.1. The summed E-state index contributed by atoms with van der Waals surface area (Å²) in [5, 5.41) is 0. The van der Waals surface area contributed by atoms with Crippen molar-refractivity contribution in [2.75, 3.05) is 0 Å². The fourth-order valence-electron chi connectivity index (χ4n) is 6.68. The molecule has 0 heterocycles. The normalized spacial score (nSPS) is 12.5. The first-order valence-corrected chi connectivity index (χ1v) is 22.0. The summed E-state index contributed by atoms with van der Waals surface area (Å²) in [5.74, 6) is 11.0. The number of hydrogen-bond acceptors (Lipinski definition) is 8. The molecule has 0 spiro atoms. The number of rotatable bonds is 16. The third-order valence-electron chi connectivity index (χ3n) is 9.87. The van der Waals surface area contributed by atoms with Crippen molar-refractivity contribution >= 4 is 0 Å². The minimum atomic E-state index is -0.196. The molecule has 0 saturated heterocycles. The van der Waals surface area contributed by atoms with Crippen molar-refractivity contribution in [3.63, 3.8) is 0 Å². The summed E-state index contributed by atoms with van der Waals surface area (Å²) in [6.45, 7) is 0. The molecule has 8 nitrogen and oxygen atoms in total. The highest BCUT2D eigenvalue weighted by Crippen LogP contribution is 2.33. The van der Waals surface area contributed by atoms with Gasteiger partial charge < -0.3 is 37.9 Å². The molecule has 10 rings (SSSR count). The molecule has 1 aliphatic carbocycles. The molecule has 1 unspecified atom stereocenters. The van der Waals surface area contributed by atoms with E-state index in [-0.39, 0.29) is 6.10 Å². The topological polar surface area (TPSA) is 73.8 Å². The summed E-state index contributed by atoms with van der Waals surface area (Å²) in [5.41, 5.74) is 0. The highest BCUT2D eigenvalue weighted by molar-refractivity contribution is 5.44. The molecule has 8 heteroatoms. The first-order chi connectivity index (χ1) is 33.6. The molecule has 1 radical (unpaired) electrons. The second kappa shape index (κ2) is 22.7. The summed E-state index contributed by atoms with van der Waals surface area (Å²) in [7, 11) is 0. The molecule has 1 aliphatic rings. The Morgan fingerprint density at radius 1 is 0.235 bits per heavy atom. The third kappa shape index (κ3) is 13.4. The monoisotopic (exact) mass is 893 g/mol. The van der Waals surface area contributed by atoms with E-state index in [1.165, 1.54) is 0 Å². The second-order valence-corrected chi connectivity index (χ2v) is 15.0. The molecule has 1 atom stereocenters. The van der Waals surface area contributed by atoms with Gasteiger partial charge in [-0.15, -0.1) is 0 Å². The number of ether oxygens (including phenoxy) is 8. The van der Waals surface area contributed by atoms with Crippen molar-refractivity contribution < 1.29 is 37.9 Å². The van der Waals surface area contributed by atoms with Gasteiger partial charge in [0.1, 0.15) is 92.4 Å². The lowest BCUT2D eigenvalue weighted by Gasteiger charge is -2.20. The van der Waals surface area contributed by atoms with Gasteiger partial charge in [0.15, 0.2) is 0 Å². The number of para-hydroxylation sites is 4. The van der Waals surface area contributed by atoms with E-state index in [0.29, 0.717) is 46.0 Å². The smallest absolute Gasteiger partial charge is 0.131 e. The average molecular weight is 894 g/mol. The Morgan fingerprint density at radius 2 is 0.500 bits per heavy atom. The molecular formula is C60H45O8. The van der Waals surface area contributed by atoms with Crippen LogP contribution in [0.1, 0.15) is 0 Å². The van der Waals surface area contributed by atoms with E-state index in [1.54, 1.807) is 0 Å². The minimum Gasteiger partial charge on any atom is -0.486 e. The zero-order valence-electron chi connectivity index (χ0n) is 36.7. The Morgan fingerprint density at radius 3 is 0.838 bits per heavy atom. The molecule has 0 bridgehead atoms. The maximum Gasteiger partial charge on any atom is 0.131 e. The molecule has 0 aromatic heterocycles. The molecule has 68 heavy (non-hydrogen) atoms. The van der Waals surface area contributed by atoms with Crippen LogP contribution >= 0.6 is 0 Å². The van der Waals surface area contributed by atoms with E-state index < -0.39 is 0 Å². The zero-order chi connectivity index (χ0) is 46.0. The number of benzene rings is 9. The SMILES string of the molecule is [CH]1C(Oc2cccc(Oc3ccc(Oc4ccccc4)cc3)c2)=CC=CC1Oc1ccccc1.c1ccc(Oc2ccc(Oc3cccc(Oc4ccc(Oc5ccccc5)cc4)c3)cc2)cc1. The Kier molecular flexibility index (Phi) is 14.7. The van der Waals surface area contributed by atoms with Crippen LogP contribution in [0.4, 0.5) is 0 Å². The zero-order valence-corrected chi connectivity index (χ0v) is 36.7. The Bertz CT molecular complexity index is 2890. The van der Waals surface area contributed by atoms with Crippen LogP contribution in [0.2, 0.25) is 0 Å². The molecule has 0 aliphatic heterocycles. The standard InChI is InChI=1S/C30H23O4.C30H22O4/c1-3-9-23(10-4-1)31-25-17-19-26(20-18-25)33-28-14-8-16-30(22-28)34-29-15-7-13-27(21-29)32-24-11-5-2-6-12-24;1-3-8-23(9-4-1)31-25-14-18-27(19-15-25)33-29-12-7-13-30(22-29)34-28-20-16-26(17-21-28)32-24-10-5-2-6-11-24/h1-22,27H;1-22H.